The Balaban J connectivity index is 1.49. The van der Waals surface area contributed by atoms with E-state index in [9.17, 15) is 19.2 Å². The zero-order valence-corrected chi connectivity index (χ0v) is 23.0. The molecule has 0 bridgehead atoms. The summed E-state index contributed by atoms with van der Waals surface area (Å²) in [6.45, 7) is 9.12. The topological polar surface area (TPSA) is 127 Å². The van der Waals surface area contributed by atoms with Crippen molar-refractivity contribution >= 4 is 35.3 Å². The van der Waals surface area contributed by atoms with E-state index in [0.717, 1.165) is 11.3 Å². The molecule has 1 aliphatic rings. The molecule has 0 radical (unpaired) electrons. The summed E-state index contributed by atoms with van der Waals surface area (Å²) in [5, 5.41) is 5.25. The number of carbonyl (C=O) groups is 4. The predicted octanol–water partition coefficient (Wildman–Crippen LogP) is 2.97. The van der Waals surface area contributed by atoms with Gasteiger partial charge < -0.3 is 34.6 Å². The average Bonchev–Trinajstić information content (AvgIpc) is 2.91. The molecule has 0 spiro atoms. The van der Waals surface area contributed by atoms with Crippen LogP contribution < -0.4 is 20.3 Å². The summed E-state index contributed by atoms with van der Waals surface area (Å²) in [4.78, 5) is 51.8. The van der Waals surface area contributed by atoms with Crippen molar-refractivity contribution < 1.29 is 33.4 Å². The van der Waals surface area contributed by atoms with E-state index in [1.54, 1.807) is 35.2 Å². The number of aryl methyl sites for hydroxylation is 1. The lowest BCUT2D eigenvalue weighted by atomic mass is 10.1. The van der Waals surface area contributed by atoms with Crippen LogP contribution in [0.15, 0.2) is 42.5 Å². The summed E-state index contributed by atoms with van der Waals surface area (Å²) >= 11 is 0. The van der Waals surface area contributed by atoms with Crippen LogP contribution in [0.3, 0.4) is 0 Å². The van der Waals surface area contributed by atoms with Crippen LogP contribution in [-0.4, -0.2) is 80.8 Å². The number of amides is 3. The summed E-state index contributed by atoms with van der Waals surface area (Å²) in [7, 11) is 1.45. The third-order valence-corrected chi connectivity index (χ3v) is 5.87. The highest BCUT2D eigenvalue weighted by atomic mass is 16.6. The van der Waals surface area contributed by atoms with Crippen molar-refractivity contribution in [1.82, 2.24) is 10.2 Å². The van der Waals surface area contributed by atoms with Gasteiger partial charge in [0.25, 0.3) is 11.8 Å². The van der Waals surface area contributed by atoms with Crippen LogP contribution >= 0.6 is 0 Å². The third-order valence-electron chi connectivity index (χ3n) is 5.87. The van der Waals surface area contributed by atoms with E-state index in [0.29, 0.717) is 43.2 Å². The highest BCUT2D eigenvalue weighted by molar-refractivity contribution is 6.04. The van der Waals surface area contributed by atoms with Gasteiger partial charge in [-0.15, -0.1) is 0 Å². The molecule has 0 aromatic heterocycles. The minimum atomic E-state index is -0.665. The van der Waals surface area contributed by atoms with Gasteiger partial charge >= 0.3 is 12.1 Å². The Labute approximate surface area is 228 Å². The van der Waals surface area contributed by atoms with Gasteiger partial charge in [-0.1, -0.05) is 0 Å². The smallest absolute Gasteiger partial charge is 0.410 e. The van der Waals surface area contributed by atoms with Gasteiger partial charge in [-0.05, 0) is 75.7 Å². The van der Waals surface area contributed by atoms with Crippen molar-refractivity contribution in [2.24, 2.45) is 0 Å². The lowest BCUT2D eigenvalue weighted by Crippen LogP contribution is -2.50. The number of hydrogen-bond acceptors (Lipinski definition) is 8. The number of likely N-dealkylation sites (N-methyl/N-ethyl adjacent to an activating group) is 1. The Bertz CT molecular complexity index is 1180. The van der Waals surface area contributed by atoms with E-state index in [2.05, 4.69) is 15.5 Å². The van der Waals surface area contributed by atoms with Crippen LogP contribution in [0.4, 0.5) is 16.2 Å². The molecule has 11 heteroatoms. The number of carbonyl (C=O) groups excluding carboxylic acids is 4. The Morgan fingerprint density at radius 3 is 2.18 bits per heavy atom. The van der Waals surface area contributed by atoms with Gasteiger partial charge in [-0.3, -0.25) is 9.59 Å². The summed E-state index contributed by atoms with van der Waals surface area (Å²) in [5.41, 5.74) is 2.31. The summed E-state index contributed by atoms with van der Waals surface area (Å²) in [6.07, 6.45) is -0.301. The van der Waals surface area contributed by atoms with E-state index in [1.165, 1.54) is 7.05 Å². The van der Waals surface area contributed by atoms with E-state index >= 15 is 0 Å². The molecule has 1 aliphatic heterocycles. The van der Waals surface area contributed by atoms with Crippen LogP contribution in [-0.2, 0) is 19.1 Å². The molecular weight excluding hydrogens is 504 g/mol. The Morgan fingerprint density at radius 1 is 0.923 bits per heavy atom. The van der Waals surface area contributed by atoms with Crippen molar-refractivity contribution in [2.75, 3.05) is 56.7 Å². The van der Waals surface area contributed by atoms with Crippen molar-refractivity contribution in [3.05, 3.63) is 53.6 Å². The van der Waals surface area contributed by atoms with Crippen LogP contribution in [0.2, 0.25) is 0 Å². The molecule has 2 aromatic rings. The normalized spacial score (nSPS) is 13.4. The van der Waals surface area contributed by atoms with Gasteiger partial charge in [0, 0.05) is 50.2 Å². The first-order valence-corrected chi connectivity index (χ1v) is 12.7. The molecule has 0 unspecified atom stereocenters. The molecule has 1 fully saturated rings. The molecule has 210 valence electrons. The highest BCUT2D eigenvalue weighted by Crippen LogP contribution is 2.23. The minimum Gasteiger partial charge on any atom is -0.482 e. The second-order valence-corrected chi connectivity index (χ2v) is 10.1. The van der Waals surface area contributed by atoms with Crippen molar-refractivity contribution in [1.29, 1.82) is 0 Å². The number of nitrogens with zero attached hydrogens (tertiary/aromatic N) is 2. The lowest BCUT2D eigenvalue weighted by Gasteiger charge is -2.36. The van der Waals surface area contributed by atoms with E-state index in [-0.39, 0.29) is 25.2 Å². The first-order valence-electron chi connectivity index (χ1n) is 12.7. The monoisotopic (exact) mass is 540 g/mol. The fourth-order valence-electron chi connectivity index (χ4n) is 3.76. The SMILES string of the molecule is CNC(=O)COC(=O)COc1ccc(NC(=O)c2ccc(N3CCN(C(=O)OC(C)(C)C)CC3)cc2)c(C)c1. The number of anilines is 2. The molecule has 1 heterocycles. The lowest BCUT2D eigenvalue weighted by molar-refractivity contribution is -0.150. The van der Waals surface area contributed by atoms with Gasteiger partial charge in [0.15, 0.2) is 13.2 Å². The summed E-state index contributed by atoms with van der Waals surface area (Å²) < 4.78 is 15.7. The average molecular weight is 541 g/mol. The second-order valence-electron chi connectivity index (χ2n) is 10.1. The molecule has 3 rings (SSSR count). The largest absolute Gasteiger partial charge is 0.482 e. The number of piperazine rings is 1. The van der Waals surface area contributed by atoms with E-state index in [4.69, 9.17) is 14.2 Å². The summed E-state index contributed by atoms with van der Waals surface area (Å²) in [5.74, 6) is -0.904. The van der Waals surface area contributed by atoms with E-state index in [1.807, 2.05) is 39.8 Å². The fraction of sp³-hybridized carbons (Fsp3) is 0.429. The Hall–Kier alpha value is -4.28. The van der Waals surface area contributed by atoms with E-state index < -0.39 is 17.5 Å². The molecule has 0 saturated carbocycles. The van der Waals surface area contributed by atoms with Gasteiger partial charge in [-0.25, -0.2) is 9.59 Å². The fourth-order valence-corrected chi connectivity index (χ4v) is 3.76. The Morgan fingerprint density at radius 2 is 1.59 bits per heavy atom. The first-order chi connectivity index (χ1) is 18.4. The van der Waals surface area contributed by atoms with Gasteiger partial charge in [0.2, 0.25) is 0 Å². The molecular formula is C28H36N4O7. The maximum Gasteiger partial charge on any atom is 0.410 e. The van der Waals surface area contributed by atoms with Gasteiger partial charge in [0.1, 0.15) is 11.4 Å². The molecule has 3 amide bonds. The second kappa shape index (κ2) is 13.0. The number of nitrogens with one attached hydrogen (secondary N) is 2. The maximum atomic E-state index is 12.8. The molecule has 11 nitrogen and oxygen atoms in total. The highest BCUT2D eigenvalue weighted by Gasteiger charge is 2.26. The zero-order chi connectivity index (χ0) is 28.6. The maximum absolute atomic E-state index is 12.8. The van der Waals surface area contributed by atoms with Gasteiger partial charge in [-0.2, -0.15) is 0 Å². The number of benzene rings is 2. The zero-order valence-electron chi connectivity index (χ0n) is 23.0. The standard InChI is InChI=1S/C28H36N4O7/c1-19-16-22(37-18-25(34)38-17-24(33)29-5)10-11-23(19)30-26(35)20-6-8-21(9-7-20)31-12-14-32(15-13-31)27(36)39-28(2,3)4/h6-11,16H,12-15,17-18H2,1-5H3,(H,29,33)(H,30,35). The molecule has 1 saturated heterocycles. The number of rotatable bonds is 8. The van der Waals surface area contributed by atoms with Crippen LogP contribution in [0.1, 0.15) is 36.7 Å². The summed E-state index contributed by atoms with van der Waals surface area (Å²) in [6, 6.07) is 12.3. The number of ether oxygens (including phenoxy) is 3. The van der Waals surface area contributed by atoms with Gasteiger partial charge in [0.05, 0.1) is 0 Å². The number of esters is 1. The van der Waals surface area contributed by atoms with Crippen LogP contribution in [0.5, 0.6) is 5.75 Å². The minimum absolute atomic E-state index is 0.258. The number of hydrogen-bond donors (Lipinski definition) is 2. The first kappa shape index (κ1) is 29.3. The quantitative estimate of drug-likeness (QED) is 0.490. The predicted molar refractivity (Wildman–Crippen MR) is 146 cm³/mol. The molecule has 39 heavy (non-hydrogen) atoms. The third kappa shape index (κ3) is 8.91. The van der Waals surface area contributed by atoms with Crippen molar-refractivity contribution in [2.45, 2.75) is 33.3 Å². The van der Waals surface area contributed by atoms with Crippen LogP contribution in [0, 0.1) is 6.92 Å². The molecule has 2 N–H and O–H groups in total. The Kier molecular flexibility index (Phi) is 9.75. The van der Waals surface area contributed by atoms with Crippen LogP contribution in [0.25, 0.3) is 0 Å². The van der Waals surface area contributed by atoms with Crippen molar-refractivity contribution in [3.8, 4) is 5.75 Å². The molecule has 0 atom stereocenters. The molecule has 2 aromatic carbocycles. The van der Waals surface area contributed by atoms with Crippen molar-refractivity contribution in [3.63, 3.8) is 0 Å². The molecule has 0 aliphatic carbocycles.